The van der Waals surface area contributed by atoms with Crippen LogP contribution in [0.4, 0.5) is 4.39 Å². The maximum Gasteiger partial charge on any atom is 0.152 e. The summed E-state index contributed by atoms with van der Waals surface area (Å²) in [7, 11) is -3.00. The van der Waals surface area contributed by atoms with Crippen molar-refractivity contribution in [1.29, 1.82) is 0 Å². The molecule has 1 fully saturated rings. The van der Waals surface area contributed by atoms with E-state index in [1.165, 1.54) is 6.07 Å². The molecule has 1 atom stereocenters. The van der Waals surface area contributed by atoms with Crippen LogP contribution in [-0.2, 0) is 15.4 Å². The van der Waals surface area contributed by atoms with Crippen LogP contribution in [0.3, 0.4) is 0 Å². The molecule has 1 aromatic heterocycles. The van der Waals surface area contributed by atoms with Crippen molar-refractivity contribution >= 4 is 9.84 Å². The highest BCUT2D eigenvalue weighted by Crippen LogP contribution is 2.32. The van der Waals surface area contributed by atoms with E-state index in [2.05, 4.69) is 5.10 Å². The van der Waals surface area contributed by atoms with Crippen molar-refractivity contribution in [2.24, 2.45) is 0 Å². The molecular formula is C14H15FN2O2S. The van der Waals surface area contributed by atoms with Gasteiger partial charge in [0.1, 0.15) is 5.82 Å². The second-order valence-corrected chi connectivity index (χ2v) is 7.68. The fourth-order valence-corrected chi connectivity index (χ4v) is 4.75. The number of hydrogen-bond donors (Lipinski definition) is 0. The Kier molecular flexibility index (Phi) is 2.93. The van der Waals surface area contributed by atoms with Gasteiger partial charge in [0, 0.05) is 17.3 Å². The first kappa shape index (κ1) is 13.3. The van der Waals surface area contributed by atoms with Gasteiger partial charge in [0.05, 0.1) is 23.2 Å². The largest absolute Gasteiger partial charge is 0.265 e. The van der Waals surface area contributed by atoms with Gasteiger partial charge >= 0.3 is 0 Å². The van der Waals surface area contributed by atoms with Crippen LogP contribution < -0.4 is 0 Å². The fraction of sp³-hybridized carbons (Fsp3) is 0.357. The lowest BCUT2D eigenvalue weighted by atomic mass is 10.0. The minimum absolute atomic E-state index is 0.0817. The summed E-state index contributed by atoms with van der Waals surface area (Å²) in [6.45, 7) is 1.87. The Balaban J connectivity index is 1.98. The van der Waals surface area contributed by atoms with E-state index in [0.717, 1.165) is 0 Å². The molecule has 0 radical (unpaired) electrons. The molecule has 1 aromatic carbocycles. The molecule has 0 saturated carbocycles. The van der Waals surface area contributed by atoms with Crippen LogP contribution in [0.5, 0.6) is 0 Å². The summed E-state index contributed by atoms with van der Waals surface area (Å²) in [5.41, 5.74) is 0.597. The minimum Gasteiger partial charge on any atom is -0.265 e. The van der Waals surface area contributed by atoms with Gasteiger partial charge in [-0.2, -0.15) is 5.10 Å². The predicted molar refractivity (Wildman–Crippen MR) is 74.5 cm³/mol. The van der Waals surface area contributed by atoms with Crippen molar-refractivity contribution in [3.8, 4) is 11.1 Å². The Morgan fingerprint density at radius 3 is 2.75 bits per heavy atom. The van der Waals surface area contributed by atoms with Crippen molar-refractivity contribution < 1.29 is 12.8 Å². The van der Waals surface area contributed by atoms with Gasteiger partial charge in [-0.15, -0.1) is 0 Å². The molecule has 6 heteroatoms. The Labute approximate surface area is 117 Å². The van der Waals surface area contributed by atoms with Crippen LogP contribution >= 0.6 is 0 Å². The van der Waals surface area contributed by atoms with Gasteiger partial charge in [0.15, 0.2) is 9.84 Å². The van der Waals surface area contributed by atoms with Crippen molar-refractivity contribution in [3.63, 3.8) is 0 Å². The number of benzene rings is 1. The van der Waals surface area contributed by atoms with E-state index in [1.54, 1.807) is 35.3 Å². The first-order chi connectivity index (χ1) is 9.40. The summed E-state index contributed by atoms with van der Waals surface area (Å²) in [5, 5.41) is 4.24. The first-order valence-electron chi connectivity index (χ1n) is 6.40. The second kappa shape index (κ2) is 4.41. The van der Waals surface area contributed by atoms with Crippen LogP contribution in [0.25, 0.3) is 11.1 Å². The van der Waals surface area contributed by atoms with Gasteiger partial charge in [-0.1, -0.05) is 18.2 Å². The van der Waals surface area contributed by atoms with Gasteiger partial charge in [0.25, 0.3) is 0 Å². The molecule has 1 saturated heterocycles. The van der Waals surface area contributed by atoms with Gasteiger partial charge in [-0.3, -0.25) is 4.68 Å². The highest BCUT2D eigenvalue weighted by Gasteiger charge is 2.40. The van der Waals surface area contributed by atoms with Crippen molar-refractivity contribution in [2.45, 2.75) is 18.9 Å². The zero-order chi connectivity index (χ0) is 14.4. The number of aromatic nitrogens is 2. The smallest absolute Gasteiger partial charge is 0.152 e. The maximum absolute atomic E-state index is 13.7. The van der Waals surface area contributed by atoms with Crippen molar-refractivity contribution in [2.75, 3.05) is 11.5 Å². The van der Waals surface area contributed by atoms with E-state index in [1.807, 2.05) is 6.92 Å². The second-order valence-electron chi connectivity index (χ2n) is 5.49. The standard InChI is InChI=1S/C14H15FN2O2S/c1-14(6-7-20(18,19)10-14)17-9-11(8-16-17)12-4-2-3-5-13(12)15/h2-5,8-9H,6-7,10H2,1H3. The number of sulfone groups is 1. The maximum atomic E-state index is 13.7. The lowest BCUT2D eigenvalue weighted by Crippen LogP contribution is -2.31. The molecule has 20 heavy (non-hydrogen) atoms. The van der Waals surface area contributed by atoms with Gasteiger partial charge < -0.3 is 0 Å². The quantitative estimate of drug-likeness (QED) is 0.853. The average Bonchev–Trinajstić information content (AvgIpc) is 2.96. The lowest BCUT2D eigenvalue weighted by Gasteiger charge is -2.22. The van der Waals surface area contributed by atoms with E-state index in [-0.39, 0.29) is 17.3 Å². The third-order valence-corrected chi connectivity index (χ3v) is 5.69. The summed E-state index contributed by atoms with van der Waals surface area (Å²) >= 11 is 0. The number of halogens is 1. The van der Waals surface area contributed by atoms with Crippen molar-refractivity contribution in [1.82, 2.24) is 9.78 Å². The molecule has 0 amide bonds. The van der Waals surface area contributed by atoms with E-state index in [9.17, 15) is 12.8 Å². The SMILES string of the molecule is CC1(n2cc(-c3ccccc3F)cn2)CCS(=O)(=O)C1. The first-order valence-corrected chi connectivity index (χ1v) is 8.22. The van der Waals surface area contributed by atoms with E-state index in [4.69, 9.17) is 0 Å². The molecule has 2 aromatic rings. The summed E-state index contributed by atoms with van der Waals surface area (Å²) < 4.78 is 38.7. The predicted octanol–water partition coefficient (Wildman–Crippen LogP) is 2.22. The molecule has 1 aliphatic heterocycles. The van der Waals surface area contributed by atoms with Crippen LogP contribution in [0.1, 0.15) is 13.3 Å². The zero-order valence-electron chi connectivity index (χ0n) is 11.1. The number of rotatable bonds is 2. The highest BCUT2D eigenvalue weighted by molar-refractivity contribution is 7.91. The summed E-state index contributed by atoms with van der Waals surface area (Å²) in [4.78, 5) is 0. The molecule has 1 unspecified atom stereocenters. The third-order valence-electron chi connectivity index (χ3n) is 3.80. The molecule has 2 heterocycles. The Bertz CT molecular complexity index is 754. The number of hydrogen-bond acceptors (Lipinski definition) is 3. The summed E-state index contributed by atoms with van der Waals surface area (Å²) in [6.07, 6.45) is 3.83. The molecule has 0 spiro atoms. The molecular weight excluding hydrogens is 279 g/mol. The molecule has 4 nitrogen and oxygen atoms in total. The van der Waals surface area contributed by atoms with E-state index in [0.29, 0.717) is 17.5 Å². The highest BCUT2D eigenvalue weighted by atomic mass is 32.2. The molecule has 0 bridgehead atoms. The van der Waals surface area contributed by atoms with Gasteiger partial charge in [-0.25, -0.2) is 12.8 Å². The Hall–Kier alpha value is -1.69. The van der Waals surface area contributed by atoms with Gasteiger partial charge in [-0.05, 0) is 19.4 Å². The van der Waals surface area contributed by atoms with Crippen LogP contribution in [0, 0.1) is 5.82 Å². The van der Waals surface area contributed by atoms with E-state index < -0.39 is 15.4 Å². The average molecular weight is 294 g/mol. The van der Waals surface area contributed by atoms with Crippen LogP contribution in [-0.4, -0.2) is 29.7 Å². The Morgan fingerprint density at radius 2 is 2.10 bits per heavy atom. The fourth-order valence-electron chi connectivity index (χ4n) is 2.63. The number of nitrogens with zero attached hydrogens (tertiary/aromatic N) is 2. The molecule has 106 valence electrons. The van der Waals surface area contributed by atoms with Crippen LogP contribution in [0.15, 0.2) is 36.7 Å². The van der Waals surface area contributed by atoms with Crippen molar-refractivity contribution in [3.05, 3.63) is 42.5 Å². The molecule has 0 N–H and O–H groups in total. The molecule has 0 aliphatic carbocycles. The summed E-state index contributed by atoms with van der Waals surface area (Å²) in [5.74, 6) is -0.0483. The normalized spacial score (nSPS) is 24.9. The molecule has 3 rings (SSSR count). The zero-order valence-corrected chi connectivity index (χ0v) is 11.9. The molecule has 1 aliphatic rings. The third kappa shape index (κ3) is 2.24. The van der Waals surface area contributed by atoms with Crippen LogP contribution in [0.2, 0.25) is 0 Å². The lowest BCUT2D eigenvalue weighted by molar-refractivity contribution is 0.328. The van der Waals surface area contributed by atoms with Gasteiger partial charge in [0.2, 0.25) is 0 Å². The Morgan fingerprint density at radius 1 is 1.35 bits per heavy atom. The monoisotopic (exact) mass is 294 g/mol. The van der Waals surface area contributed by atoms with E-state index >= 15 is 0 Å². The minimum atomic E-state index is -3.00. The summed E-state index contributed by atoms with van der Waals surface area (Å²) in [6, 6.07) is 6.48. The topological polar surface area (TPSA) is 52.0 Å².